The summed E-state index contributed by atoms with van der Waals surface area (Å²) in [7, 11) is -3.99. The minimum Gasteiger partial charge on any atom is -0.273 e. The number of hydrazine groups is 1. The van der Waals surface area contributed by atoms with E-state index in [9.17, 15) is 18.0 Å². The van der Waals surface area contributed by atoms with Crippen molar-refractivity contribution in [3.05, 3.63) is 28.2 Å². The molecule has 164 valence electrons. The van der Waals surface area contributed by atoms with E-state index >= 15 is 0 Å². The topological polar surface area (TPSA) is 104 Å². The predicted octanol–water partition coefficient (Wildman–Crippen LogP) is 3.02. The molecule has 1 atom stereocenters. The Balaban J connectivity index is 1.35. The molecule has 1 aromatic carbocycles. The Morgan fingerprint density at radius 3 is 2.10 bits per heavy atom. The second-order valence-electron chi connectivity index (χ2n) is 9.06. The smallest absolute Gasteiger partial charge is 0.256 e. The van der Waals surface area contributed by atoms with Gasteiger partial charge in [-0.2, -0.15) is 4.72 Å². The normalized spacial score (nSPS) is 30.7. The second kappa shape index (κ2) is 7.97. The van der Waals surface area contributed by atoms with Crippen molar-refractivity contribution in [2.24, 2.45) is 23.2 Å². The van der Waals surface area contributed by atoms with Crippen LogP contribution in [-0.2, 0) is 19.6 Å². The van der Waals surface area contributed by atoms with Gasteiger partial charge < -0.3 is 0 Å². The number of rotatable bonds is 5. The lowest BCUT2D eigenvalue weighted by Gasteiger charge is -2.55. The van der Waals surface area contributed by atoms with Gasteiger partial charge in [0.15, 0.2) is 0 Å². The maximum Gasteiger partial charge on any atom is 0.256 e. The number of carbonyl (C=O) groups is 2. The Morgan fingerprint density at radius 1 is 1.00 bits per heavy atom. The van der Waals surface area contributed by atoms with E-state index in [1.807, 2.05) is 0 Å². The summed E-state index contributed by atoms with van der Waals surface area (Å²) in [5, 5.41) is 0.327. The summed E-state index contributed by atoms with van der Waals surface area (Å²) in [5.74, 6) is 1.02. The zero-order valence-electron chi connectivity index (χ0n) is 16.6. The highest BCUT2D eigenvalue weighted by Crippen LogP contribution is 2.60. The Labute approximate surface area is 186 Å². The van der Waals surface area contributed by atoms with Gasteiger partial charge in [-0.25, -0.2) is 8.42 Å². The highest BCUT2D eigenvalue weighted by atomic mass is 35.5. The van der Waals surface area contributed by atoms with Crippen molar-refractivity contribution in [1.82, 2.24) is 15.6 Å². The van der Waals surface area contributed by atoms with E-state index in [0.717, 1.165) is 19.3 Å². The van der Waals surface area contributed by atoms with E-state index in [1.54, 1.807) is 0 Å². The maximum atomic E-state index is 12.9. The number of nitrogens with one attached hydrogen (secondary N) is 3. The SMILES string of the molecule is CC(NS(=O)(=O)c1ccc(Cl)c(Cl)c1)C(=O)NNC(=O)C12CC3CC(CC(C3)C1)C2. The quantitative estimate of drug-likeness (QED) is 0.571. The average Bonchev–Trinajstić information content (AvgIpc) is 2.66. The fourth-order valence-corrected chi connectivity index (χ4v) is 7.34. The number of hydrogen-bond acceptors (Lipinski definition) is 4. The van der Waals surface area contributed by atoms with Crippen LogP contribution in [0.15, 0.2) is 23.1 Å². The molecule has 0 aliphatic heterocycles. The zero-order valence-corrected chi connectivity index (χ0v) is 18.9. The number of amides is 2. The Hall–Kier alpha value is -1.35. The molecule has 7 nitrogen and oxygen atoms in total. The van der Waals surface area contributed by atoms with E-state index in [2.05, 4.69) is 15.6 Å². The Kier molecular flexibility index (Phi) is 5.81. The molecule has 0 aromatic heterocycles. The minimum atomic E-state index is -3.99. The van der Waals surface area contributed by atoms with Crippen LogP contribution in [0.2, 0.25) is 10.0 Å². The van der Waals surface area contributed by atoms with Gasteiger partial charge in [-0.3, -0.25) is 20.4 Å². The van der Waals surface area contributed by atoms with Gasteiger partial charge in [0.2, 0.25) is 15.9 Å². The van der Waals surface area contributed by atoms with Gasteiger partial charge in [-0.05, 0) is 81.4 Å². The van der Waals surface area contributed by atoms with Crippen molar-refractivity contribution in [1.29, 1.82) is 0 Å². The molecule has 0 saturated heterocycles. The van der Waals surface area contributed by atoms with Crippen LogP contribution in [0.3, 0.4) is 0 Å². The molecule has 10 heteroatoms. The largest absolute Gasteiger partial charge is 0.273 e. The monoisotopic (exact) mass is 473 g/mol. The van der Waals surface area contributed by atoms with Crippen LogP contribution in [0, 0.1) is 23.2 Å². The molecular weight excluding hydrogens is 449 g/mol. The van der Waals surface area contributed by atoms with Crippen LogP contribution >= 0.6 is 23.2 Å². The van der Waals surface area contributed by atoms with Crippen LogP contribution < -0.4 is 15.6 Å². The molecule has 4 bridgehead atoms. The van der Waals surface area contributed by atoms with Crippen LogP contribution in [0.1, 0.15) is 45.4 Å². The van der Waals surface area contributed by atoms with Crippen molar-refractivity contribution in [2.45, 2.75) is 56.4 Å². The summed E-state index contributed by atoms with van der Waals surface area (Å²) < 4.78 is 27.3. The lowest BCUT2D eigenvalue weighted by Crippen LogP contribution is -2.58. The van der Waals surface area contributed by atoms with Gasteiger partial charge >= 0.3 is 0 Å². The van der Waals surface area contributed by atoms with Crippen molar-refractivity contribution < 1.29 is 18.0 Å². The van der Waals surface area contributed by atoms with Crippen LogP contribution in [0.5, 0.6) is 0 Å². The first-order valence-electron chi connectivity index (χ1n) is 10.2. The molecule has 0 radical (unpaired) electrons. The molecule has 4 aliphatic rings. The summed E-state index contributed by atoms with van der Waals surface area (Å²) in [4.78, 5) is 25.2. The van der Waals surface area contributed by atoms with Gasteiger partial charge in [-0.1, -0.05) is 23.2 Å². The first kappa shape index (κ1) is 21.9. The zero-order chi connectivity index (χ0) is 21.7. The summed E-state index contributed by atoms with van der Waals surface area (Å²) in [5.41, 5.74) is 4.54. The fourth-order valence-electron chi connectivity index (χ4n) is 5.75. The van der Waals surface area contributed by atoms with Crippen LogP contribution in [0.25, 0.3) is 0 Å². The minimum absolute atomic E-state index is 0.0967. The summed E-state index contributed by atoms with van der Waals surface area (Å²) in [6.45, 7) is 1.40. The molecule has 0 spiro atoms. The number of benzene rings is 1. The third-order valence-electron chi connectivity index (χ3n) is 6.75. The van der Waals surface area contributed by atoms with E-state index in [1.165, 1.54) is 44.4 Å². The number of sulfonamides is 1. The van der Waals surface area contributed by atoms with Gasteiger partial charge in [0.25, 0.3) is 5.91 Å². The Morgan fingerprint density at radius 2 is 1.57 bits per heavy atom. The van der Waals surface area contributed by atoms with E-state index < -0.39 is 27.4 Å². The van der Waals surface area contributed by atoms with Gasteiger partial charge in [0.1, 0.15) is 0 Å². The Bertz CT molecular complexity index is 947. The summed E-state index contributed by atoms with van der Waals surface area (Å²) in [6.07, 6.45) is 6.27. The molecule has 0 heterocycles. The van der Waals surface area contributed by atoms with Crippen molar-refractivity contribution in [3.8, 4) is 0 Å². The van der Waals surface area contributed by atoms with Crippen molar-refractivity contribution >= 4 is 45.0 Å². The highest BCUT2D eigenvalue weighted by Gasteiger charge is 2.54. The number of hydrogen-bond donors (Lipinski definition) is 3. The van der Waals surface area contributed by atoms with Gasteiger partial charge in [-0.15, -0.1) is 0 Å². The molecule has 5 rings (SSSR count). The molecule has 1 aromatic rings. The molecule has 1 unspecified atom stereocenters. The number of carbonyl (C=O) groups excluding carboxylic acids is 2. The lowest BCUT2D eigenvalue weighted by molar-refractivity contribution is -0.149. The second-order valence-corrected chi connectivity index (χ2v) is 11.6. The third kappa shape index (κ3) is 4.20. The number of halogens is 2. The van der Waals surface area contributed by atoms with E-state index in [4.69, 9.17) is 23.2 Å². The third-order valence-corrected chi connectivity index (χ3v) is 9.02. The van der Waals surface area contributed by atoms with Gasteiger partial charge in [0, 0.05) is 0 Å². The molecule has 30 heavy (non-hydrogen) atoms. The first-order valence-corrected chi connectivity index (χ1v) is 12.4. The lowest BCUT2D eigenvalue weighted by atomic mass is 9.49. The van der Waals surface area contributed by atoms with Crippen LogP contribution in [-0.4, -0.2) is 26.3 Å². The first-order chi connectivity index (χ1) is 14.1. The van der Waals surface area contributed by atoms with Crippen LogP contribution in [0.4, 0.5) is 0 Å². The molecule has 2 amide bonds. The predicted molar refractivity (Wildman–Crippen MR) is 113 cm³/mol. The van der Waals surface area contributed by atoms with Crippen molar-refractivity contribution in [3.63, 3.8) is 0 Å². The van der Waals surface area contributed by atoms with E-state index in [0.29, 0.717) is 17.8 Å². The van der Waals surface area contributed by atoms with Crippen molar-refractivity contribution in [2.75, 3.05) is 0 Å². The molecule has 4 fully saturated rings. The molecule has 4 saturated carbocycles. The van der Waals surface area contributed by atoms with Gasteiger partial charge in [0.05, 0.1) is 26.4 Å². The molecule has 4 aliphatic carbocycles. The average molecular weight is 474 g/mol. The molecular formula is C20H25Cl2N3O4S. The van der Waals surface area contributed by atoms with E-state index in [-0.39, 0.29) is 20.8 Å². The summed E-state index contributed by atoms with van der Waals surface area (Å²) >= 11 is 11.7. The fraction of sp³-hybridized carbons (Fsp3) is 0.600. The maximum absolute atomic E-state index is 12.9. The molecule has 3 N–H and O–H groups in total. The highest BCUT2D eigenvalue weighted by molar-refractivity contribution is 7.89. The standard InChI is InChI=1S/C20H25Cl2N3O4S/c1-11(25-30(28,29)15-2-3-16(21)17(22)7-15)18(26)23-24-19(27)20-8-12-4-13(9-20)6-14(5-12)10-20/h2-3,7,11-14,25H,4-6,8-10H2,1H3,(H,23,26)(H,24,27). The summed E-state index contributed by atoms with van der Waals surface area (Å²) in [6, 6.07) is 2.79.